The lowest BCUT2D eigenvalue weighted by molar-refractivity contribution is -0.154. The quantitative estimate of drug-likeness (QED) is 0.588. The van der Waals surface area contributed by atoms with Crippen LogP contribution in [0.25, 0.3) is 0 Å². The van der Waals surface area contributed by atoms with Crippen molar-refractivity contribution in [3.63, 3.8) is 0 Å². The monoisotopic (exact) mass is 382 g/mol. The van der Waals surface area contributed by atoms with Crippen LogP contribution in [-0.4, -0.2) is 37.0 Å². The summed E-state index contributed by atoms with van der Waals surface area (Å²) in [5, 5.41) is 2.72. The zero-order chi connectivity index (χ0) is 19.9. The number of benzene rings is 2. The highest BCUT2D eigenvalue weighted by atomic mass is 16.5. The number of hydrogen-bond donors (Lipinski definition) is 1. The van der Waals surface area contributed by atoms with Gasteiger partial charge in [0.2, 0.25) is 5.91 Å². The van der Waals surface area contributed by atoms with Gasteiger partial charge in [-0.25, -0.2) is 0 Å². The van der Waals surface area contributed by atoms with E-state index in [4.69, 9.17) is 9.47 Å². The molecule has 2 aromatic rings. The lowest BCUT2D eigenvalue weighted by atomic mass is 10.1. The molecule has 0 aliphatic carbocycles. The van der Waals surface area contributed by atoms with Gasteiger partial charge in [-0.3, -0.25) is 19.3 Å². The number of hydrogen-bond acceptors (Lipinski definition) is 5. The Morgan fingerprint density at radius 1 is 1.11 bits per heavy atom. The van der Waals surface area contributed by atoms with Crippen LogP contribution in [-0.2, 0) is 19.1 Å². The van der Waals surface area contributed by atoms with Crippen LogP contribution in [0.3, 0.4) is 0 Å². The van der Waals surface area contributed by atoms with E-state index < -0.39 is 18.0 Å². The standard InChI is InChI=1S/C21H22N2O5/c1-15(28-20(25)12-7-13-27-16-8-3-2-4-9-16)21(26)23-14-19(24)22-17-10-5-6-11-18(17)23/h2-6,8-11,15H,7,12-14H2,1H3,(H,22,24)/t15-/m0/s1. The van der Waals surface area contributed by atoms with Crippen LogP contribution in [0.5, 0.6) is 5.75 Å². The van der Waals surface area contributed by atoms with E-state index in [1.165, 1.54) is 11.8 Å². The van der Waals surface area contributed by atoms with Gasteiger partial charge in [0, 0.05) is 6.42 Å². The van der Waals surface area contributed by atoms with Gasteiger partial charge in [-0.15, -0.1) is 0 Å². The average Bonchev–Trinajstić information content (AvgIpc) is 2.70. The summed E-state index contributed by atoms with van der Waals surface area (Å²) in [5.41, 5.74) is 1.15. The minimum Gasteiger partial charge on any atom is -0.494 e. The Labute approximate surface area is 163 Å². The molecule has 28 heavy (non-hydrogen) atoms. The van der Waals surface area contributed by atoms with Gasteiger partial charge < -0.3 is 14.8 Å². The molecule has 0 bridgehead atoms. The highest BCUT2D eigenvalue weighted by Crippen LogP contribution is 2.29. The van der Waals surface area contributed by atoms with Crippen LogP contribution in [0.4, 0.5) is 11.4 Å². The summed E-state index contributed by atoms with van der Waals surface area (Å²) >= 11 is 0. The van der Waals surface area contributed by atoms with Gasteiger partial charge in [0.1, 0.15) is 12.3 Å². The number of anilines is 2. The molecule has 7 heteroatoms. The zero-order valence-corrected chi connectivity index (χ0v) is 15.6. The second-order valence-corrected chi connectivity index (χ2v) is 6.39. The van der Waals surface area contributed by atoms with Gasteiger partial charge in [-0.05, 0) is 37.6 Å². The number of nitrogens with one attached hydrogen (secondary N) is 1. The van der Waals surface area contributed by atoms with E-state index >= 15 is 0 Å². The molecule has 0 unspecified atom stereocenters. The minimum absolute atomic E-state index is 0.108. The summed E-state index contributed by atoms with van der Waals surface area (Å²) < 4.78 is 10.8. The van der Waals surface area contributed by atoms with Crippen molar-refractivity contribution >= 4 is 29.2 Å². The molecule has 1 aliphatic rings. The van der Waals surface area contributed by atoms with Gasteiger partial charge in [0.05, 0.1) is 18.0 Å². The molecule has 3 rings (SSSR count). The Bertz CT molecular complexity index is 853. The number of rotatable bonds is 7. The summed E-state index contributed by atoms with van der Waals surface area (Å²) in [5.74, 6) is -0.464. The number of nitrogens with zero attached hydrogens (tertiary/aromatic N) is 1. The van der Waals surface area contributed by atoms with Crippen LogP contribution >= 0.6 is 0 Å². The van der Waals surface area contributed by atoms with E-state index in [0.717, 1.165) is 5.75 Å². The molecule has 0 saturated carbocycles. The maximum absolute atomic E-state index is 12.7. The van der Waals surface area contributed by atoms with Crippen molar-refractivity contribution in [2.24, 2.45) is 0 Å². The van der Waals surface area contributed by atoms with Crippen LogP contribution in [0, 0.1) is 0 Å². The summed E-state index contributed by atoms with van der Waals surface area (Å²) in [6.45, 7) is 1.78. The molecule has 1 N–H and O–H groups in total. The first-order chi connectivity index (χ1) is 13.5. The van der Waals surface area contributed by atoms with Crippen molar-refractivity contribution in [3.05, 3.63) is 54.6 Å². The highest BCUT2D eigenvalue weighted by Gasteiger charge is 2.31. The lowest BCUT2D eigenvalue weighted by Gasteiger charge is -2.30. The van der Waals surface area contributed by atoms with Crippen molar-refractivity contribution in [2.75, 3.05) is 23.4 Å². The average molecular weight is 382 g/mol. The van der Waals surface area contributed by atoms with Crippen molar-refractivity contribution in [2.45, 2.75) is 25.9 Å². The Morgan fingerprint density at radius 3 is 2.61 bits per heavy atom. The molecule has 7 nitrogen and oxygen atoms in total. The number of carbonyl (C=O) groups excluding carboxylic acids is 3. The van der Waals surface area contributed by atoms with Crippen molar-refractivity contribution in [3.8, 4) is 5.75 Å². The van der Waals surface area contributed by atoms with Gasteiger partial charge >= 0.3 is 5.97 Å². The second-order valence-electron chi connectivity index (χ2n) is 6.39. The van der Waals surface area contributed by atoms with Crippen LogP contribution in [0.2, 0.25) is 0 Å². The fourth-order valence-corrected chi connectivity index (χ4v) is 2.88. The van der Waals surface area contributed by atoms with Crippen molar-refractivity contribution in [1.29, 1.82) is 0 Å². The van der Waals surface area contributed by atoms with E-state index in [0.29, 0.717) is 24.4 Å². The second kappa shape index (κ2) is 9.03. The molecular formula is C21H22N2O5. The first kappa shape index (κ1) is 19.4. The molecule has 2 aromatic carbocycles. The van der Waals surface area contributed by atoms with Gasteiger partial charge in [0.25, 0.3) is 5.91 Å². The van der Waals surface area contributed by atoms with Crippen LogP contribution in [0.1, 0.15) is 19.8 Å². The van der Waals surface area contributed by atoms with Crippen LogP contribution < -0.4 is 15.0 Å². The van der Waals surface area contributed by atoms with E-state index in [9.17, 15) is 14.4 Å². The lowest BCUT2D eigenvalue weighted by Crippen LogP contribution is -2.47. The smallest absolute Gasteiger partial charge is 0.306 e. The van der Waals surface area contributed by atoms with Crippen molar-refractivity contribution < 1.29 is 23.9 Å². The molecule has 0 radical (unpaired) electrons. The van der Waals surface area contributed by atoms with Gasteiger partial charge in [0.15, 0.2) is 6.10 Å². The first-order valence-corrected chi connectivity index (χ1v) is 9.12. The predicted molar refractivity (Wildman–Crippen MR) is 104 cm³/mol. The number of amides is 2. The predicted octanol–water partition coefficient (Wildman–Crippen LogP) is 2.76. The topological polar surface area (TPSA) is 84.9 Å². The number of ether oxygens (including phenoxy) is 2. The van der Waals surface area contributed by atoms with Gasteiger partial charge in [-0.2, -0.15) is 0 Å². The zero-order valence-electron chi connectivity index (χ0n) is 15.6. The fourth-order valence-electron chi connectivity index (χ4n) is 2.88. The number of carbonyl (C=O) groups is 3. The molecule has 2 amide bonds. The molecule has 0 spiro atoms. The SMILES string of the molecule is C[C@H](OC(=O)CCCOc1ccccc1)C(=O)N1CC(=O)Nc2ccccc21. The summed E-state index contributed by atoms with van der Waals surface area (Å²) in [6, 6.07) is 16.3. The molecule has 1 heterocycles. The van der Waals surface area contributed by atoms with Crippen LogP contribution in [0.15, 0.2) is 54.6 Å². The maximum atomic E-state index is 12.7. The molecule has 1 atom stereocenters. The van der Waals surface area contributed by atoms with E-state index in [-0.39, 0.29) is 18.9 Å². The Morgan fingerprint density at radius 2 is 1.82 bits per heavy atom. The molecule has 0 aromatic heterocycles. The Kier molecular flexibility index (Phi) is 6.26. The summed E-state index contributed by atoms with van der Waals surface area (Å²) in [4.78, 5) is 37.9. The largest absolute Gasteiger partial charge is 0.494 e. The summed E-state index contributed by atoms with van der Waals surface area (Å²) in [6.07, 6.45) is -0.369. The molecule has 146 valence electrons. The fraction of sp³-hybridized carbons (Fsp3) is 0.286. The minimum atomic E-state index is -0.985. The van der Waals surface area contributed by atoms with E-state index in [1.54, 1.807) is 24.3 Å². The molecular weight excluding hydrogens is 360 g/mol. The molecule has 0 saturated heterocycles. The third kappa shape index (κ3) is 4.88. The third-order valence-corrected chi connectivity index (χ3v) is 4.23. The third-order valence-electron chi connectivity index (χ3n) is 4.23. The Hall–Kier alpha value is -3.35. The van der Waals surface area contributed by atoms with E-state index in [2.05, 4.69) is 5.32 Å². The first-order valence-electron chi connectivity index (χ1n) is 9.12. The van der Waals surface area contributed by atoms with Gasteiger partial charge in [-0.1, -0.05) is 30.3 Å². The summed E-state index contributed by atoms with van der Waals surface area (Å²) in [7, 11) is 0. The maximum Gasteiger partial charge on any atom is 0.306 e. The highest BCUT2D eigenvalue weighted by molar-refractivity contribution is 6.11. The molecule has 1 aliphatic heterocycles. The van der Waals surface area contributed by atoms with Crippen molar-refractivity contribution in [1.82, 2.24) is 0 Å². The normalized spacial score (nSPS) is 13.9. The number of fused-ring (bicyclic) bond motifs is 1. The number of esters is 1. The number of para-hydroxylation sites is 3. The van der Waals surface area contributed by atoms with E-state index in [1.807, 2.05) is 30.3 Å². The molecule has 0 fully saturated rings. The Balaban J connectivity index is 1.49.